The third-order valence-corrected chi connectivity index (χ3v) is 1.86. The molecule has 15 heavy (non-hydrogen) atoms. The van der Waals surface area contributed by atoms with Crippen molar-refractivity contribution in [1.82, 2.24) is 10.2 Å². The smallest absolute Gasteiger partial charge is 0.240 e. The number of Topliss-reactive ketones (excluding diaryl/α,β-unsaturated/α-hetero) is 1. The highest BCUT2D eigenvalue weighted by Crippen LogP contribution is 2.04. The maximum Gasteiger partial charge on any atom is 0.240 e. The van der Waals surface area contributed by atoms with Crippen molar-refractivity contribution in [3.05, 3.63) is 0 Å². The van der Waals surface area contributed by atoms with Crippen molar-refractivity contribution < 1.29 is 19.2 Å². The van der Waals surface area contributed by atoms with Crippen LogP contribution in [0, 0.1) is 0 Å². The molecule has 7 nitrogen and oxygen atoms in total. The predicted octanol–water partition coefficient (Wildman–Crippen LogP) is -2.61. The summed E-state index contributed by atoms with van der Waals surface area (Å²) in [5, 5.41) is 2.23. The number of ketones is 1. The van der Waals surface area contributed by atoms with Crippen LogP contribution in [-0.4, -0.2) is 48.0 Å². The van der Waals surface area contributed by atoms with Gasteiger partial charge in [0.05, 0.1) is 19.5 Å². The monoisotopic (exact) mass is 213 g/mol. The molecule has 0 atom stereocenters. The summed E-state index contributed by atoms with van der Waals surface area (Å²) < 4.78 is 0. The molecule has 1 saturated heterocycles. The van der Waals surface area contributed by atoms with E-state index in [4.69, 9.17) is 5.73 Å². The first-order valence-corrected chi connectivity index (χ1v) is 4.33. The lowest BCUT2D eigenvalue weighted by Crippen LogP contribution is -2.41. The summed E-state index contributed by atoms with van der Waals surface area (Å²) in [5.41, 5.74) is 4.81. The lowest BCUT2D eigenvalue weighted by atomic mass is 10.3. The number of carbonyl (C=O) groups excluding carboxylic acids is 4. The zero-order valence-electron chi connectivity index (χ0n) is 7.99. The highest BCUT2D eigenvalue weighted by molar-refractivity contribution is 6.06. The number of hydrogen-bond donors (Lipinski definition) is 2. The minimum Gasteiger partial charge on any atom is -0.368 e. The first-order chi connectivity index (χ1) is 6.99. The topological polar surface area (TPSA) is 110 Å². The third-order valence-electron chi connectivity index (χ3n) is 1.86. The van der Waals surface area contributed by atoms with Crippen LogP contribution in [0.25, 0.3) is 0 Å². The van der Waals surface area contributed by atoms with E-state index in [0.29, 0.717) is 0 Å². The van der Waals surface area contributed by atoms with E-state index in [-0.39, 0.29) is 37.7 Å². The summed E-state index contributed by atoms with van der Waals surface area (Å²) in [5.74, 6) is -1.74. The Morgan fingerprint density at radius 1 is 1.40 bits per heavy atom. The van der Waals surface area contributed by atoms with E-state index < -0.39 is 11.8 Å². The Labute approximate surface area is 85.6 Å². The van der Waals surface area contributed by atoms with E-state index in [1.807, 2.05) is 0 Å². The number of likely N-dealkylation sites (tertiary alicyclic amines) is 1. The van der Waals surface area contributed by atoms with Crippen LogP contribution in [0.5, 0.6) is 0 Å². The maximum atomic E-state index is 11.1. The van der Waals surface area contributed by atoms with Gasteiger partial charge in [0.15, 0.2) is 5.78 Å². The van der Waals surface area contributed by atoms with Crippen LogP contribution in [-0.2, 0) is 19.2 Å². The molecule has 3 amide bonds. The molecule has 0 aliphatic carbocycles. The van der Waals surface area contributed by atoms with Crippen LogP contribution in [0.2, 0.25) is 0 Å². The quantitative estimate of drug-likeness (QED) is 0.498. The molecule has 0 bridgehead atoms. The summed E-state index contributed by atoms with van der Waals surface area (Å²) in [6.45, 7) is -0.518. The minimum atomic E-state index is -0.660. The van der Waals surface area contributed by atoms with Crippen molar-refractivity contribution >= 4 is 23.5 Å². The highest BCUT2D eigenvalue weighted by Gasteiger charge is 2.28. The van der Waals surface area contributed by atoms with Gasteiger partial charge in [-0.15, -0.1) is 0 Å². The van der Waals surface area contributed by atoms with Gasteiger partial charge in [-0.2, -0.15) is 0 Å². The van der Waals surface area contributed by atoms with Gasteiger partial charge in [0.2, 0.25) is 17.7 Å². The number of nitrogens with one attached hydrogen (secondary N) is 1. The highest BCUT2D eigenvalue weighted by atomic mass is 16.2. The van der Waals surface area contributed by atoms with Gasteiger partial charge in [-0.05, 0) is 0 Å². The minimum absolute atomic E-state index is 0.0389. The molecule has 1 aliphatic rings. The second kappa shape index (κ2) is 4.54. The Balaban J connectivity index is 2.35. The van der Waals surface area contributed by atoms with Crippen molar-refractivity contribution in [2.45, 2.75) is 6.42 Å². The second-order valence-electron chi connectivity index (χ2n) is 3.21. The summed E-state index contributed by atoms with van der Waals surface area (Å²) in [6, 6.07) is 0. The standard InChI is InChI=1S/C8H11N3O4/c9-6(13)2-10-7(14)4-11-3-5(12)1-8(11)15/h1-4H2,(H2,9,13)(H,10,14). The maximum absolute atomic E-state index is 11.1. The van der Waals surface area contributed by atoms with E-state index >= 15 is 0 Å². The Bertz CT molecular complexity index is 326. The van der Waals surface area contributed by atoms with Crippen LogP contribution in [0.1, 0.15) is 6.42 Å². The molecule has 0 radical (unpaired) electrons. The largest absolute Gasteiger partial charge is 0.368 e. The first kappa shape index (κ1) is 11.2. The molecule has 0 spiro atoms. The number of primary amides is 1. The van der Waals surface area contributed by atoms with Crippen molar-refractivity contribution in [2.75, 3.05) is 19.6 Å². The molecule has 0 saturated carbocycles. The number of nitrogens with zero attached hydrogens (tertiary/aromatic N) is 1. The fourth-order valence-corrected chi connectivity index (χ4v) is 1.20. The van der Waals surface area contributed by atoms with Gasteiger partial charge < -0.3 is 16.0 Å². The van der Waals surface area contributed by atoms with E-state index in [1.165, 1.54) is 0 Å². The molecule has 82 valence electrons. The molecule has 7 heteroatoms. The summed E-state index contributed by atoms with van der Waals surface area (Å²) in [7, 11) is 0. The molecule has 1 heterocycles. The van der Waals surface area contributed by atoms with Crippen molar-refractivity contribution in [3.8, 4) is 0 Å². The predicted molar refractivity (Wildman–Crippen MR) is 48.4 cm³/mol. The summed E-state index contributed by atoms with van der Waals surface area (Å²) >= 11 is 0. The lowest BCUT2D eigenvalue weighted by molar-refractivity contribution is -0.133. The Hall–Kier alpha value is -1.92. The lowest BCUT2D eigenvalue weighted by Gasteiger charge is -2.13. The Morgan fingerprint density at radius 3 is 2.53 bits per heavy atom. The van der Waals surface area contributed by atoms with Gasteiger partial charge in [0, 0.05) is 0 Å². The third kappa shape index (κ3) is 3.37. The van der Waals surface area contributed by atoms with E-state index in [1.54, 1.807) is 0 Å². The average Bonchev–Trinajstić information content (AvgIpc) is 2.42. The average molecular weight is 213 g/mol. The van der Waals surface area contributed by atoms with Gasteiger partial charge >= 0.3 is 0 Å². The molecular weight excluding hydrogens is 202 g/mol. The van der Waals surface area contributed by atoms with E-state index in [2.05, 4.69) is 5.32 Å². The first-order valence-electron chi connectivity index (χ1n) is 4.33. The van der Waals surface area contributed by atoms with Gasteiger partial charge in [-0.1, -0.05) is 0 Å². The molecule has 1 rings (SSSR count). The molecule has 0 aromatic carbocycles. The van der Waals surface area contributed by atoms with Crippen molar-refractivity contribution in [3.63, 3.8) is 0 Å². The van der Waals surface area contributed by atoms with E-state index in [0.717, 1.165) is 4.90 Å². The van der Waals surface area contributed by atoms with Crippen LogP contribution < -0.4 is 11.1 Å². The van der Waals surface area contributed by atoms with E-state index in [9.17, 15) is 19.2 Å². The van der Waals surface area contributed by atoms with Gasteiger partial charge in [-0.25, -0.2) is 0 Å². The van der Waals surface area contributed by atoms with Gasteiger partial charge in [0.1, 0.15) is 6.54 Å². The molecule has 0 aromatic heterocycles. The molecule has 0 aromatic rings. The zero-order valence-corrected chi connectivity index (χ0v) is 7.99. The van der Waals surface area contributed by atoms with Crippen LogP contribution in [0.15, 0.2) is 0 Å². The van der Waals surface area contributed by atoms with Crippen LogP contribution in [0.4, 0.5) is 0 Å². The van der Waals surface area contributed by atoms with Crippen molar-refractivity contribution in [1.29, 1.82) is 0 Å². The number of rotatable bonds is 4. The summed E-state index contributed by atoms with van der Waals surface area (Å²) in [6.07, 6.45) is -0.150. The Kier molecular flexibility index (Phi) is 3.37. The second-order valence-corrected chi connectivity index (χ2v) is 3.21. The van der Waals surface area contributed by atoms with Crippen molar-refractivity contribution in [2.24, 2.45) is 5.73 Å². The Morgan fingerprint density at radius 2 is 2.07 bits per heavy atom. The van der Waals surface area contributed by atoms with Crippen LogP contribution in [0.3, 0.4) is 0 Å². The molecule has 3 N–H and O–H groups in total. The normalized spacial score (nSPS) is 15.6. The molecular formula is C8H11N3O4. The van der Waals surface area contributed by atoms with Gasteiger partial charge in [0.25, 0.3) is 0 Å². The number of amides is 3. The zero-order chi connectivity index (χ0) is 11.4. The number of hydrogen-bond acceptors (Lipinski definition) is 4. The van der Waals surface area contributed by atoms with Gasteiger partial charge in [-0.3, -0.25) is 19.2 Å². The molecule has 1 aliphatic heterocycles. The SMILES string of the molecule is NC(=O)CNC(=O)CN1CC(=O)CC1=O. The fraction of sp³-hybridized carbons (Fsp3) is 0.500. The number of nitrogens with two attached hydrogens (primary N) is 1. The molecule has 1 fully saturated rings. The fourth-order valence-electron chi connectivity index (χ4n) is 1.20. The number of carbonyl (C=O) groups is 4. The van der Waals surface area contributed by atoms with Crippen LogP contribution >= 0.6 is 0 Å². The molecule has 0 unspecified atom stereocenters. The summed E-state index contributed by atoms with van der Waals surface area (Å²) in [4.78, 5) is 44.5.